The molecular weight excluding hydrogens is 390 g/mol. The summed E-state index contributed by atoms with van der Waals surface area (Å²) in [6.45, 7) is 5.48. The number of hydrogen-bond acceptors (Lipinski definition) is 4. The number of rotatable bonds is 8. The molecule has 3 saturated heterocycles. The summed E-state index contributed by atoms with van der Waals surface area (Å²) < 4.78 is 5.32. The van der Waals surface area contributed by atoms with Crippen molar-refractivity contribution in [2.75, 3.05) is 46.4 Å². The zero-order valence-electron chi connectivity index (χ0n) is 18.9. The zero-order valence-corrected chi connectivity index (χ0v) is 18.9. The molecule has 0 spiro atoms. The standard InChI is InChI=1S/C25H37N3O3/c1-31-15-14-27(18-21-10-7-13-26-12-6-5-11-23(21)26)25(30)22-16-24(29)28(19-22)17-20-8-3-2-4-9-20/h2-4,8-9,21-23H,5-7,10-19H2,1H3/t21-,22?,23+/m0/s1. The van der Waals surface area contributed by atoms with Crippen molar-refractivity contribution < 1.29 is 14.3 Å². The number of piperidine rings is 2. The highest BCUT2D eigenvalue weighted by molar-refractivity contribution is 5.89. The number of benzene rings is 1. The van der Waals surface area contributed by atoms with E-state index in [2.05, 4.69) is 4.90 Å². The van der Waals surface area contributed by atoms with Crippen LogP contribution in [0.5, 0.6) is 0 Å². The number of carbonyl (C=O) groups excluding carboxylic acids is 2. The maximum atomic E-state index is 13.5. The number of ether oxygens (including phenoxy) is 1. The maximum absolute atomic E-state index is 13.5. The second-order valence-corrected chi connectivity index (χ2v) is 9.44. The normalized spacial score (nSPS) is 26.7. The van der Waals surface area contributed by atoms with Crippen molar-refractivity contribution in [2.45, 2.75) is 51.1 Å². The number of fused-ring (bicyclic) bond motifs is 1. The Hall–Kier alpha value is -1.92. The molecule has 3 fully saturated rings. The Kier molecular flexibility index (Phi) is 7.62. The molecule has 0 radical (unpaired) electrons. The van der Waals surface area contributed by atoms with E-state index < -0.39 is 0 Å². The molecule has 0 N–H and O–H groups in total. The molecule has 4 rings (SSSR count). The lowest BCUT2D eigenvalue weighted by atomic mass is 9.83. The van der Waals surface area contributed by atoms with Gasteiger partial charge in [-0.15, -0.1) is 0 Å². The van der Waals surface area contributed by atoms with Gasteiger partial charge in [-0.3, -0.25) is 9.59 Å². The second-order valence-electron chi connectivity index (χ2n) is 9.44. The molecule has 3 aliphatic heterocycles. The maximum Gasteiger partial charge on any atom is 0.228 e. The van der Waals surface area contributed by atoms with Crippen molar-refractivity contribution >= 4 is 11.8 Å². The summed E-state index contributed by atoms with van der Waals surface area (Å²) in [5, 5.41) is 0. The minimum atomic E-state index is -0.237. The summed E-state index contributed by atoms with van der Waals surface area (Å²) in [6, 6.07) is 10.6. The minimum absolute atomic E-state index is 0.0880. The van der Waals surface area contributed by atoms with Crippen LogP contribution in [0, 0.1) is 11.8 Å². The Balaban J connectivity index is 1.40. The van der Waals surface area contributed by atoms with E-state index in [1.165, 1.54) is 45.2 Å². The van der Waals surface area contributed by atoms with Gasteiger partial charge in [0.2, 0.25) is 11.8 Å². The van der Waals surface area contributed by atoms with Crippen molar-refractivity contribution in [3.05, 3.63) is 35.9 Å². The highest BCUT2D eigenvalue weighted by atomic mass is 16.5. The Labute approximate surface area is 186 Å². The van der Waals surface area contributed by atoms with Crippen LogP contribution in [-0.2, 0) is 20.9 Å². The summed E-state index contributed by atoms with van der Waals surface area (Å²) in [6.07, 6.45) is 6.60. The fourth-order valence-electron chi connectivity index (χ4n) is 5.72. The summed E-state index contributed by atoms with van der Waals surface area (Å²) in [4.78, 5) is 32.6. The molecule has 6 nitrogen and oxygen atoms in total. The first kappa shape index (κ1) is 22.3. The van der Waals surface area contributed by atoms with Gasteiger partial charge >= 0.3 is 0 Å². The predicted molar refractivity (Wildman–Crippen MR) is 120 cm³/mol. The van der Waals surface area contributed by atoms with E-state index in [0.717, 1.165) is 12.1 Å². The minimum Gasteiger partial charge on any atom is -0.383 e. The SMILES string of the molecule is COCCN(C[C@@H]1CCCN2CCCC[C@H]12)C(=O)C1CC(=O)N(Cc2ccccc2)C1. The lowest BCUT2D eigenvalue weighted by molar-refractivity contribution is -0.137. The number of likely N-dealkylation sites (tertiary alicyclic amines) is 1. The first-order valence-electron chi connectivity index (χ1n) is 12.0. The highest BCUT2D eigenvalue weighted by Gasteiger charge is 2.39. The Morgan fingerprint density at radius 1 is 1.13 bits per heavy atom. The van der Waals surface area contributed by atoms with Crippen LogP contribution in [0.15, 0.2) is 30.3 Å². The summed E-state index contributed by atoms with van der Waals surface area (Å²) in [5.41, 5.74) is 1.11. The van der Waals surface area contributed by atoms with Gasteiger partial charge < -0.3 is 19.4 Å². The molecule has 3 atom stereocenters. The van der Waals surface area contributed by atoms with Gasteiger partial charge in [0, 0.05) is 45.8 Å². The molecule has 3 aliphatic rings. The Morgan fingerprint density at radius 2 is 1.94 bits per heavy atom. The number of amides is 2. The molecule has 0 aliphatic carbocycles. The van der Waals surface area contributed by atoms with Gasteiger partial charge in [0.25, 0.3) is 0 Å². The van der Waals surface area contributed by atoms with E-state index in [-0.39, 0.29) is 17.7 Å². The monoisotopic (exact) mass is 427 g/mol. The van der Waals surface area contributed by atoms with Gasteiger partial charge in [-0.05, 0) is 50.3 Å². The van der Waals surface area contributed by atoms with Crippen LogP contribution >= 0.6 is 0 Å². The summed E-state index contributed by atoms with van der Waals surface area (Å²) >= 11 is 0. The molecule has 1 aromatic rings. The quantitative estimate of drug-likeness (QED) is 0.640. The van der Waals surface area contributed by atoms with Crippen molar-refractivity contribution in [2.24, 2.45) is 11.8 Å². The van der Waals surface area contributed by atoms with Gasteiger partial charge in [-0.25, -0.2) is 0 Å². The molecule has 3 heterocycles. The third kappa shape index (κ3) is 5.47. The predicted octanol–water partition coefficient (Wildman–Crippen LogP) is 2.77. The fraction of sp³-hybridized carbons (Fsp3) is 0.680. The van der Waals surface area contributed by atoms with Crippen LogP contribution in [0.4, 0.5) is 0 Å². The highest BCUT2D eigenvalue weighted by Crippen LogP contribution is 2.32. The van der Waals surface area contributed by atoms with Crippen LogP contribution in [0.1, 0.15) is 44.1 Å². The average Bonchev–Trinajstić information content (AvgIpc) is 3.17. The number of methoxy groups -OCH3 is 1. The van der Waals surface area contributed by atoms with Crippen LogP contribution in [0.3, 0.4) is 0 Å². The van der Waals surface area contributed by atoms with Crippen LogP contribution in [-0.4, -0.2) is 79.0 Å². The first-order valence-corrected chi connectivity index (χ1v) is 12.0. The van der Waals surface area contributed by atoms with E-state index in [0.29, 0.717) is 44.6 Å². The van der Waals surface area contributed by atoms with E-state index in [9.17, 15) is 9.59 Å². The van der Waals surface area contributed by atoms with Crippen LogP contribution in [0.2, 0.25) is 0 Å². The van der Waals surface area contributed by atoms with Crippen LogP contribution in [0.25, 0.3) is 0 Å². The van der Waals surface area contributed by atoms with Gasteiger partial charge in [-0.2, -0.15) is 0 Å². The lowest BCUT2D eigenvalue weighted by Gasteiger charge is -2.46. The average molecular weight is 428 g/mol. The van der Waals surface area contributed by atoms with Crippen molar-refractivity contribution in [1.29, 1.82) is 0 Å². The molecule has 2 amide bonds. The second kappa shape index (κ2) is 10.6. The summed E-state index contributed by atoms with van der Waals surface area (Å²) in [7, 11) is 1.69. The van der Waals surface area contributed by atoms with Crippen LogP contribution < -0.4 is 0 Å². The topological polar surface area (TPSA) is 53.1 Å². The van der Waals surface area contributed by atoms with Crippen molar-refractivity contribution in [3.8, 4) is 0 Å². The molecular formula is C25H37N3O3. The van der Waals surface area contributed by atoms with Crippen molar-refractivity contribution in [1.82, 2.24) is 14.7 Å². The number of hydrogen-bond donors (Lipinski definition) is 0. The molecule has 1 unspecified atom stereocenters. The molecule has 0 saturated carbocycles. The fourth-order valence-corrected chi connectivity index (χ4v) is 5.72. The Bertz CT molecular complexity index is 739. The largest absolute Gasteiger partial charge is 0.383 e. The molecule has 0 aromatic heterocycles. The van der Waals surface area contributed by atoms with Gasteiger partial charge in [0.15, 0.2) is 0 Å². The van der Waals surface area contributed by atoms with Crippen molar-refractivity contribution in [3.63, 3.8) is 0 Å². The third-order valence-electron chi connectivity index (χ3n) is 7.34. The lowest BCUT2D eigenvalue weighted by Crippen LogP contribution is -2.52. The van der Waals surface area contributed by atoms with E-state index >= 15 is 0 Å². The smallest absolute Gasteiger partial charge is 0.228 e. The number of nitrogens with zero attached hydrogens (tertiary/aromatic N) is 3. The molecule has 31 heavy (non-hydrogen) atoms. The zero-order chi connectivity index (χ0) is 21.6. The molecule has 0 bridgehead atoms. The van der Waals surface area contributed by atoms with E-state index in [1.54, 1.807) is 7.11 Å². The third-order valence-corrected chi connectivity index (χ3v) is 7.34. The van der Waals surface area contributed by atoms with Gasteiger partial charge in [-0.1, -0.05) is 36.8 Å². The molecule has 6 heteroatoms. The van der Waals surface area contributed by atoms with Gasteiger partial charge in [0.05, 0.1) is 12.5 Å². The molecule has 170 valence electrons. The number of carbonyl (C=O) groups is 2. The Morgan fingerprint density at radius 3 is 2.74 bits per heavy atom. The van der Waals surface area contributed by atoms with E-state index in [4.69, 9.17) is 4.74 Å². The molecule has 1 aromatic carbocycles. The van der Waals surface area contributed by atoms with Gasteiger partial charge in [0.1, 0.15) is 0 Å². The van der Waals surface area contributed by atoms with E-state index in [1.807, 2.05) is 40.1 Å². The summed E-state index contributed by atoms with van der Waals surface area (Å²) in [5.74, 6) is 0.519. The first-order chi connectivity index (χ1) is 15.2.